The van der Waals surface area contributed by atoms with Gasteiger partial charge in [-0.25, -0.2) is 4.39 Å². The largest absolute Gasteiger partial charge is 0.423 e. The molecule has 0 saturated carbocycles. The molecule has 0 aliphatic heterocycles. The van der Waals surface area contributed by atoms with E-state index < -0.39 is 11.7 Å². The Morgan fingerprint density at radius 2 is 2.00 bits per heavy atom. The van der Waals surface area contributed by atoms with Gasteiger partial charge in [0.05, 0.1) is 17.2 Å². The van der Waals surface area contributed by atoms with Gasteiger partial charge in [-0.15, -0.1) is 0 Å². The van der Waals surface area contributed by atoms with E-state index in [1.807, 2.05) is 0 Å². The third kappa shape index (κ3) is 3.45. The molecule has 25 heavy (non-hydrogen) atoms. The average Bonchev–Trinajstić information content (AvgIpc) is 2.95. The predicted octanol–water partition coefficient (Wildman–Crippen LogP) is 3.05. The maximum atomic E-state index is 13.9. The smallest absolute Gasteiger partial charge is 0.302 e. The van der Waals surface area contributed by atoms with Gasteiger partial charge in [-0.05, 0) is 30.3 Å². The number of carbonyl (C=O) groups excluding carboxylic acids is 2. The van der Waals surface area contributed by atoms with E-state index in [0.717, 1.165) is 6.07 Å². The second-order valence-electron chi connectivity index (χ2n) is 5.14. The van der Waals surface area contributed by atoms with Gasteiger partial charge in [0, 0.05) is 18.7 Å². The Morgan fingerprint density at radius 1 is 1.20 bits per heavy atom. The Morgan fingerprint density at radius 3 is 2.68 bits per heavy atom. The van der Waals surface area contributed by atoms with Gasteiger partial charge in [0.1, 0.15) is 11.3 Å². The number of hydrogen-bond donors (Lipinski definition) is 2. The Labute approximate surface area is 141 Å². The van der Waals surface area contributed by atoms with Crippen molar-refractivity contribution in [3.63, 3.8) is 0 Å². The molecular weight excluding hydrogens is 327 g/mol. The van der Waals surface area contributed by atoms with Crippen LogP contribution in [0.4, 0.5) is 16.1 Å². The molecule has 0 fully saturated rings. The van der Waals surface area contributed by atoms with E-state index in [1.54, 1.807) is 24.3 Å². The molecule has 0 bridgehead atoms. The molecule has 0 atom stereocenters. The fourth-order valence-corrected chi connectivity index (χ4v) is 2.19. The molecular formula is C17H11FN4O3. The van der Waals surface area contributed by atoms with Crippen molar-refractivity contribution in [3.8, 4) is 6.07 Å². The monoisotopic (exact) mass is 338 g/mol. The molecule has 0 spiro atoms. The van der Waals surface area contributed by atoms with Crippen LogP contribution >= 0.6 is 0 Å². The number of nitrogens with zero attached hydrogens (tertiary/aromatic N) is 2. The summed E-state index contributed by atoms with van der Waals surface area (Å²) in [5, 5.41) is 13.7. The second kappa shape index (κ2) is 6.41. The van der Waals surface area contributed by atoms with Crippen molar-refractivity contribution >= 4 is 34.6 Å². The summed E-state index contributed by atoms with van der Waals surface area (Å²) in [6.45, 7) is 1.38. The molecule has 0 aliphatic rings. The number of aromatic nitrogens is 1. The molecule has 0 saturated heterocycles. The molecule has 3 aromatic rings. The van der Waals surface area contributed by atoms with Gasteiger partial charge in [0.2, 0.25) is 5.91 Å². The first-order valence-corrected chi connectivity index (χ1v) is 7.15. The summed E-state index contributed by atoms with van der Waals surface area (Å²) in [6, 6.07) is 10.0. The van der Waals surface area contributed by atoms with Crippen molar-refractivity contribution < 1.29 is 18.4 Å². The van der Waals surface area contributed by atoms with Crippen LogP contribution in [0.5, 0.6) is 0 Å². The highest BCUT2D eigenvalue weighted by molar-refractivity contribution is 6.04. The first-order valence-electron chi connectivity index (χ1n) is 7.15. The van der Waals surface area contributed by atoms with Crippen molar-refractivity contribution in [2.24, 2.45) is 0 Å². The number of fused-ring (bicyclic) bond motifs is 1. The number of halogens is 1. The van der Waals surface area contributed by atoms with Gasteiger partial charge in [-0.3, -0.25) is 14.9 Å². The third-order valence-electron chi connectivity index (χ3n) is 3.27. The number of amides is 2. The maximum Gasteiger partial charge on any atom is 0.302 e. The fraction of sp³-hybridized carbons (Fsp3) is 0.0588. The molecule has 3 rings (SSSR count). The fourth-order valence-electron chi connectivity index (χ4n) is 2.19. The van der Waals surface area contributed by atoms with Crippen molar-refractivity contribution in [2.45, 2.75) is 6.92 Å². The number of benzene rings is 2. The lowest BCUT2D eigenvalue weighted by Crippen LogP contribution is -2.14. The van der Waals surface area contributed by atoms with Gasteiger partial charge in [0.15, 0.2) is 5.58 Å². The summed E-state index contributed by atoms with van der Waals surface area (Å²) < 4.78 is 19.3. The zero-order valence-electron chi connectivity index (χ0n) is 13.0. The summed E-state index contributed by atoms with van der Waals surface area (Å²) in [5.74, 6) is -1.81. The van der Waals surface area contributed by atoms with Gasteiger partial charge in [-0.2, -0.15) is 10.2 Å². The van der Waals surface area contributed by atoms with Crippen LogP contribution in [0.15, 0.2) is 40.8 Å². The normalized spacial score (nSPS) is 10.3. The molecule has 0 radical (unpaired) electrons. The third-order valence-corrected chi connectivity index (χ3v) is 3.27. The highest BCUT2D eigenvalue weighted by atomic mass is 19.1. The van der Waals surface area contributed by atoms with Crippen LogP contribution in [-0.4, -0.2) is 16.8 Å². The first-order chi connectivity index (χ1) is 12.0. The summed E-state index contributed by atoms with van der Waals surface area (Å²) in [6.07, 6.45) is 0. The van der Waals surface area contributed by atoms with Crippen LogP contribution in [0, 0.1) is 17.1 Å². The van der Waals surface area contributed by atoms with E-state index in [-0.39, 0.29) is 23.0 Å². The standard InChI is InChI=1S/C17H11FN4O3/c1-9(23)20-11-3-5-14-15(7-11)25-17(21-14)22-16(24)12-4-2-10(8-19)6-13(12)18/h2-7H,1H3,(H,20,23)(H,21,22,24). The molecule has 2 aromatic carbocycles. The number of nitriles is 1. The minimum atomic E-state index is -0.819. The number of carbonyl (C=O) groups is 2. The van der Waals surface area contributed by atoms with Crippen molar-refractivity contribution in [3.05, 3.63) is 53.3 Å². The van der Waals surface area contributed by atoms with Crippen LogP contribution < -0.4 is 10.6 Å². The Kier molecular flexibility index (Phi) is 4.14. The van der Waals surface area contributed by atoms with Crippen LogP contribution in [0.25, 0.3) is 11.1 Å². The number of nitrogens with one attached hydrogen (secondary N) is 2. The van der Waals surface area contributed by atoms with Crippen molar-refractivity contribution in [2.75, 3.05) is 10.6 Å². The van der Waals surface area contributed by atoms with Gasteiger partial charge < -0.3 is 9.73 Å². The van der Waals surface area contributed by atoms with Crippen molar-refractivity contribution in [1.29, 1.82) is 5.26 Å². The second-order valence-corrected chi connectivity index (χ2v) is 5.14. The van der Waals surface area contributed by atoms with Crippen molar-refractivity contribution in [1.82, 2.24) is 4.98 Å². The minimum Gasteiger partial charge on any atom is -0.423 e. The molecule has 2 N–H and O–H groups in total. The van der Waals surface area contributed by atoms with Crippen LogP contribution in [0.1, 0.15) is 22.8 Å². The number of rotatable bonds is 3. The Bertz CT molecular complexity index is 1040. The number of anilines is 2. The lowest BCUT2D eigenvalue weighted by Gasteiger charge is -2.02. The Balaban J connectivity index is 1.84. The molecule has 0 unspecified atom stereocenters. The average molecular weight is 338 g/mol. The summed E-state index contributed by atoms with van der Waals surface area (Å²) in [4.78, 5) is 27.3. The van der Waals surface area contributed by atoms with Gasteiger partial charge in [0.25, 0.3) is 5.91 Å². The predicted molar refractivity (Wildman–Crippen MR) is 87.4 cm³/mol. The van der Waals surface area contributed by atoms with E-state index in [2.05, 4.69) is 15.6 Å². The zero-order valence-corrected chi connectivity index (χ0v) is 13.0. The van der Waals surface area contributed by atoms with Crippen LogP contribution in [0.3, 0.4) is 0 Å². The molecule has 2 amide bonds. The van der Waals surface area contributed by atoms with E-state index in [4.69, 9.17) is 9.68 Å². The summed E-state index contributed by atoms with van der Waals surface area (Å²) in [7, 11) is 0. The SMILES string of the molecule is CC(=O)Nc1ccc2nc(NC(=O)c3ccc(C#N)cc3F)oc2c1. The van der Waals surface area contributed by atoms with E-state index in [9.17, 15) is 14.0 Å². The van der Waals surface area contributed by atoms with Gasteiger partial charge >= 0.3 is 6.01 Å². The zero-order chi connectivity index (χ0) is 18.0. The van der Waals surface area contributed by atoms with Crippen LogP contribution in [0.2, 0.25) is 0 Å². The topological polar surface area (TPSA) is 108 Å². The van der Waals surface area contributed by atoms with Gasteiger partial charge in [-0.1, -0.05) is 0 Å². The highest BCUT2D eigenvalue weighted by Gasteiger charge is 2.16. The molecule has 1 heterocycles. The minimum absolute atomic E-state index is 0.108. The quantitative estimate of drug-likeness (QED) is 0.763. The summed E-state index contributed by atoms with van der Waals surface area (Å²) >= 11 is 0. The number of hydrogen-bond acceptors (Lipinski definition) is 5. The molecule has 7 nitrogen and oxygen atoms in total. The summed E-state index contributed by atoms with van der Waals surface area (Å²) in [5.41, 5.74) is 1.21. The maximum absolute atomic E-state index is 13.9. The lowest BCUT2D eigenvalue weighted by molar-refractivity contribution is -0.114. The van der Waals surface area contributed by atoms with E-state index >= 15 is 0 Å². The molecule has 8 heteroatoms. The van der Waals surface area contributed by atoms with E-state index in [1.165, 1.54) is 19.1 Å². The molecule has 124 valence electrons. The van der Waals surface area contributed by atoms with E-state index in [0.29, 0.717) is 16.8 Å². The highest BCUT2D eigenvalue weighted by Crippen LogP contribution is 2.23. The number of oxazole rings is 1. The first kappa shape index (κ1) is 16.1. The lowest BCUT2D eigenvalue weighted by atomic mass is 10.1. The molecule has 0 aliphatic carbocycles. The van der Waals surface area contributed by atoms with Crippen LogP contribution in [-0.2, 0) is 4.79 Å². The molecule has 1 aromatic heterocycles. The Hall–Kier alpha value is -3.73.